The predicted octanol–water partition coefficient (Wildman–Crippen LogP) is -0.0199. The van der Waals surface area contributed by atoms with Gasteiger partial charge in [-0.15, -0.1) is 0 Å². The summed E-state index contributed by atoms with van der Waals surface area (Å²) in [5, 5.41) is 9.80. The number of hydrogen-bond donors (Lipinski definition) is 2. The van der Waals surface area contributed by atoms with E-state index in [1.165, 1.54) is 0 Å². The highest BCUT2D eigenvalue weighted by atomic mass is 19.1. The van der Waals surface area contributed by atoms with E-state index in [-0.39, 0.29) is 12.3 Å². The molecular formula is C11H15FN2O4. The van der Waals surface area contributed by atoms with Crippen molar-refractivity contribution in [1.82, 2.24) is 9.55 Å². The summed E-state index contributed by atoms with van der Waals surface area (Å²) in [4.78, 5) is 24.3. The van der Waals surface area contributed by atoms with Gasteiger partial charge in [0.15, 0.2) is 0 Å². The van der Waals surface area contributed by atoms with E-state index in [2.05, 4.69) is 0 Å². The number of aliphatic hydroxyl groups is 1. The third kappa shape index (κ3) is 2.23. The maximum atomic E-state index is 13.1. The first-order chi connectivity index (χ1) is 8.40. The Hall–Kier alpha value is -1.47. The number of rotatable bonds is 2. The lowest BCUT2D eigenvalue weighted by molar-refractivity contribution is -0.0434. The zero-order valence-electron chi connectivity index (χ0n) is 10.1. The zero-order valence-corrected chi connectivity index (χ0v) is 10.1. The average Bonchev–Trinajstić information content (AvgIpc) is 2.65. The summed E-state index contributed by atoms with van der Waals surface area (Å²) in [6.07, 6.45) is -0.879. The molecule has 1 aromatic rings. The molecule has 2 heterocycles. The Morgan fingerprint density at radius 2 is 2.22 bits per heavy atom. The molecule has 0 aromatic carbocycles. The van der Waals surface area contributed by atoms with Gasteiger partial charge in [-0.3, -0.25) is 14.3 Å². The van der Waals surface area contributed by atoms with E-state index < -0.39 is 35.5 Å². The molecule has 3 atom stereocenters. The Bertz CT molecular complexity index is 551. The highest BCUT2D eigenvalue weighted by molar-refractivity contribution is 4.91. The van der Waals surface area contributed by atoms with Crippen molar-refractivity contribution in [3.63, 3.8) is 0 Å². The summed E-state index contributed by atoms with van der Waals surface area (Å²) in [6, 6.07) is 0. The second-order valence-electron chi connectivity index (χ2n) is 4.75. The zero-order chi connectivity index (χ0) is 13.4. The van der Waals surface area contributed by atoms with Gasteiger partial charge in [0.2, 0.25) is 5.82 Å². The second-order valence-corrected chi connectivity index (χ2v) is 4.75. The van der Waals surface area contributed by atoms with Crippen molar-refractivity contribution in [1.29, 1.82) is 0 Å². The van der Waals surface area contributed by atoms with Gasteiger partial charge in [0.05, 0.1) is 18.4 Å². The number of ether oxygens (including phenoxy) is 1. The van der Waals surface area contributed by atoms with Crippen LogP contribution in [0.1, 0.15) is 26.5 Å². The van der Waals surface area contributed by atoms with Crippen molar-refractivity contribution in [2.45, 2.75) is 38.7 Å². The number of nitrogens with one attached hydrogen (secondary N) is 1. The van der Waals surface area contributed by atoms with E-state index in [1.807, 2.05) is 18.8 Å². The highest BCUT2D eigenvalue weighted by Crippen LogP contribution is 2.31. The van der Waals surface area contributed by atoms with Gasteiger partial charge in [-0.05, 0) is 5.92 Å². The molecule has 1 fully saturated rings. The molecule has 0 aliphatic carbocycles. The van der Waals surface area contributed by atoms with Crippen LogP contribution in [0.4, 0.5) is 4.39 Å². The van der Waals surface area contributed by atoms with Crippen molar-refractivity contribution in [2.24, 2.45) is 5.92 Å². The van der Waals surface area contributed by atoms with Crippen molar-refractivity contribution < 1.29 is 14.2 Å². The Morgan fingerprint density at radius 1 is 1.56 bits per heavy atom. The monoisotopic (exact) mass is 258 g/mol. The van der Waals surface area contributed by atoms with E-state index >= 15 is 0 Å². The number of H-pyrrole nitrogens is 1. The summed E-state index contributed by atoms with van der Waals surface area (Å²) in [7, 11) is 0. The molecule has 2 rings (SSSR count). The number of aromatic amines is 1. The van der Waals surface area contributed by atoms with Crippen LogP contribution in [-0.2, 0) is 4.74 Å². The highest BCUT2D eigenvalue weighted by Gasteiger charge is 2.37. The van der Waals surface area contributed by atoms with Gasteiger partial charge in [-0.2, -0.15) is 4.39 Å². The third-order valence-electron chi connectivity index (χ3n) is 3.03. The predicted molar refractivity (Wildman–Crippen MR) is 60.7 cm³/mol. The molecule has 2 N–H and O–H groups in total. The Balaban J connectivity index is 2.32. The molecule has 18 heavy (non-hydrogen) atoms. The molecule has 0 unspecified atom stereocenters. The van der Waals surface area contributed by atoms with Gasteiger partial charge in [-0.1, -0.05) is 13.8 Å². The molecule has 0 radical (unpaired) electrons. The Labute approximate surface area is 102 Å². The van der Waals surface area contributed by atoms with Gasteiger partial charge in [0.1, 0.15) is 6.23 Å². The van der Waals surface area contributed by atoms with E-state index in [0.717, 1.165) is 10.8 Å². The minimum atomic E-state index is -1.06. The first-order valence-electron chi connectivity index (χ1n) is 5.74. The van der Waals surface area contributed by atoms with Crippen LogP contribution in [0.15, 0.2) is 15.8 Å². The lowest BCUT2D eigenvalue weighted by Gasteiger charge is -2.18. The van der Waals surface area contributed by atoms with Crippen LogP contribution in [0.5, 0.6) is 0 Å². The van der Waals surface area contributed by atoms with Crippen LogP contribution < -0.4 is 11.2 Å². The average molecular weight is 258 g/mol. The minimum absolute atomic E-state index is 0.0771. The fraction of sp³-hybridized carbons (Fsp3) is 0.636. The molecule has 1 aliphatic heterocycles. The first-order valence-corrected chi connectivity index (χ1v) is 5.74. The molecule has 6 nitrogen and oxygen atoms in total. The van der Waals surface area contributed by atoms with Crippen molar-refractivity contribution in [3.05, 3.63) is 32.9 Å². The molecule has 1 aliphatic rings. The van der Waals surface area contributed by atoms with E-state index in [1.54, 1.807) is 0 Å². The first kappa shape index (κ1) is 13.0. The van der Waals surface area contributed by atoms with Gasteiger partial charge in [0.25, 0.3) is 5.56 Å². The topological polar surface area (TPSA) is 84.3 Å². The molecule has 1 aromatic heterocycles. The smallest absolute Gasteiger partial charge is 0.330 e. The molecular weight excluding hydrogens is 243 g/mol. The fourth-order valence-electron chi connectivity index (χ4n) is 2.12. The standard InChI is InChI=1S/C11H15FN2O4/c1-5(2)9-7(15)3-8(18-9)14-4-6(12)10(16)13-11(14)17/h4-5,7-9,15H,3H2,1-2H3,(H,13,16,17)/t7-,8+,9-/m0/s1. The van der Waals surface area contributed by atoms with Crippen molar-refractivity contribution >= 4 is 0 Å². The number of aromatic nitrogens is 2. The number of nitrogens with zero attached hydrogens (tertiary/aromatic N) is 1. The quantitative estimate of drug-likeness (QED) is 0.780. The van der Waals surface area contributed by atoms with Crippen LogP contribution in [0.2, 0.25) is 0 Å². The van der Waals surface area contributed by atoms with Crippen LogP contribution in [-0.4, -0.2) is 26.9 Å². The summed E-state index contributed by atoms with van der Waals surface area (Å²) < 4.78 is 19.6. The fourth-order valence-corrected chi connectivity index (χ4v) is 2.12. The number of halogens is 1. The van der Waals surface area contributed by atoms with Crippen LogP contribution in [0.3, 0.4) is 0 Å². The van der Waals surface area contributed by atoms with E-state index in [4.69, 9.17) is 4.74 Å². The molecule has 0 amide bonds. The molecule has 0 bridgehead atoms. The van der Waals surface area contributed by atoms with Gasteiger partial charge < -0.3 is 9.84 Å². The van der Waals surface area contributed by atoms with E-state index in [0.29, 0.717) is 0 Å². The normalized spacial score (nSPS) is 27.9. The number of aliphatic hydroxyl groups excluding tert-OH is 1. The second kappa shape index (κ2) is 4.66. The molecule has 7 heteroatoms. The van der Waals surface area contributed by atoms with Crippen molar-refractivity contribution in [3.8, 4) is 0 Å². The Morgan fingerprint density at radius 3 is 2.78 bits per heavy atom. The molecule has 0 saturated carbocycles. The lowest BCUT2D eigenvalue weighted by Crippen LogP contribution is -2.34. The summed E-state index contributed by atoms with van der Waals surface area (Å²) in [5.41, 5.74) is -1.81. The summed E-state index contributed by atoms with van der Waals surface area (Å²) in [5.74, 6) is -0.978. The molecule has 1 saturated heterocycles. The Kier molecular flexibility index (Phi) is 3.36. The molecule has 100 valence electrons. The lowest BCUT2D eigenvalue weighted by atomic mass is 10.0. The van der Waals surface area contributed by atoms with Gasteiger partial charge in [0, 0.05) is 6.42 Å². The van der Waals surface area contributed by atoms with Crippen molar-refractivity contribution in [2.75, 3.05) is 0 Å². The minimum Gasteiger partial charge on any atom is -0.390 e. The third-order valence-corrected chi connectivity index (χ3v) is 3.03. The van der Waals surface area contributed by atoms with Crippen LogP contribution >= 0.6 is 0 Å². The van der Waals surface area contributed by atoms with Crippen LogP contribution in [0, 0.1) is 11.7 Å². The maximum absolute atomic E-state index is 13.1. The van der Waals surface area contributed by atoms with Crippen LogP contribution in [0.25, 0.3) is 0 Å². The summed E-state index contributed by atoms with van der Waals surface area (Å²) in [6.45, 7) is 3.76. The number of hydrogen-bond acceptors (Lipinski definition) is 4. The SMILES string of the molecule is CC(C)[C@@H]1O[C@@H](n2cc(F)c(=O)[nH]c2=O)C[C@@H]1O. The van der Waals surface area contributed by atoms with Gasteiger partial charge >= 0.3 is 5.69 Å². The maximum Gasteiger partial charge on any atom is 0.330 e. The van der Waals surface area contributed by atoms with E-state index in [9.17, 15) is 19.1 Å². The van der Waals surface area contributed by atoms with Gasteiger partial charge in [-0.25, -0.2) is 4.79 Å². The summed E-state index contributed by atoms with van der Waals surface area (Å²) >= 11 is 0. The molecule has 0 spiro atoms. The largest absolute Gasteiger partial charge is 0.390 e.